The summed E-state index contributed by atoms with van der Waals surface area (Å²) in [5.41, 5.74) is 2.04. The van der Waals surface area contributed by atoms with Crippen LogP contribution >= 0.6 is 0 Å². The van der Waals surface area contributed by atoms with E-state index in [0.717, 1.165) is 17.0 Å². The predicted molar refractivity (Wildman–Crippen MR) is 78.8 cm³/mol. The third-order valence-corrected chi connectivity index (χ3v) is 2.83. The zero-order valence-corrected chi connectivity index (χ0v) is 11.7. The van der Waals surface area contributed by atoms with Crippen molar-refractivity contribution in [2.24, 2.45) is 0 Å². The molecule has 2 heterocycles. The molecule has 1 aromatic carbocycles. The van der Waals surface area contributed by atoms with Crippen molar-refractivity contribution in [3.63, 3.8) is 0 Å². The fourth-order valence-electron chi connectivity index (χ4n) is 1.81. The van der Waals surface area contributed by atoms with E-state index in [1.54, 1.807) is 6.07 Å². The largest absolute Gasteiger partial charge is 0.360 e. The van der Waals surface area contributed by atoms with Crippen molar-refractivity contribution in [1.29, 1.82) is 0 Å². The molecule has 21 heavy (non-hydrogen) atoms. The summed E-state index contributed by atoms with van der Waals surface area (Å²) in [6.45, 7) is 3.83. The summed E-state index contributed by atoms with van der Waals surface area (Å²) < 4.78 is 4.99. The molecule has 106 valence electrons. The molecule has 0 radical (unpaired) electrons. The number of aromatic nitrogens is 4. The molecule has 0 saturated carbocycles. The number of hydrogen-bond donors (Lipinski definition) is 2. The molecule has 3 rings (SSSR count). The lowest BCUT2D eigenvalue weighted by Crippen LogP contribution is -2.03. The SMILES string of the molecule is Cc1cc(Nc2cnnc(Nc3ccccc3C)n2)no1. The van der Waals surface area contributed by atoms with Gasteiger partial charge in [-0.1, -0.05) is 23.4 Å². The van der Waals surface area contributed by atoms with Gasteiger partial charge in [0.2, 0.25) is 5.95 Å². The highest BCUT2D eigenvalue weighted by Crippen LogP contribution is 2.19. The molecule has 0 unspecified atom stereocenters. The summed E-state index contributed by atoms with van der Waals surface area (Å²) in [5.74, 6) is 2.25. The topological polar surface area (TPSA) is 88.8 Å². The Labute approximate surface area is 121 Å². The highest BCUT2D eigenvalue weighted by molar-refractivity contribution is 5.59. The first kappa shape index (κ1) is 13.0. The van der Waals surface area contributed by atoms with Crippen LogP contribution < -0.4 is 10.6 Å². The second kappa shape index (κ2) is 5.58. The van der Waals surface area contributed by atoms with Gasteiger partial charge in [0.25, 0.3) is 0 Å². The molecule has 0 bridgehead atoms. The monoisotopic (exact) mass is 282 g/mol. The van der Waals surface area contributed by atoms with Gasteiger partial charge >= 0.3 is 0 Å². The minimum absolute atomic E-state index is 0.412. The Hall–Kier alpha value is -2.96. The maximum absolute atomic E-state index is 4.99. The van der Waals surface area contributed by atoms with Gasteiger partial charge in [-0.2, -0.15) is 10.1 Å². The van der Waals surface area contributed by atoms with Crippen molar-refractivity contribution >= 4 is 23.3 Å². The van der Waals surface area contributed by atoms with Gasteiger partial charge in [0, 0.05) is 11.8 Å². The predicted octanol–water partition coefficient (Wildman–Crippen LogP) is 2.96. The van der Waals surface area contributed by atoms with Crippen molar-refractivity contribution in [2.75, 3.05) is 10.6 Å². The number of nitrogens with one attached hydrogen (secondary N) is 2. The van der Waals surface area contributed by atoms with E-state index in [1.165, 1.54) is 6.20 Å². The van der Waals surface area contributed by atoms with E-state index < -0.39 is 0 Å². The van der Waals surface area contributed by atoms with E-state index in [9.17, 15) is 0 Å². The first-order chi connectivity index (χ1) is 10.2. The van der Waals surface area contributed by atoms with Crippen LogP contribution in [0.15, 0.2) is 41.1 Å². The maximum Gasteiger partial charge on any atom is 0.249 e. The molecule has 0 spiro atoms. The molecule has 0 fully saturated rings. The Morgan fingerprint density at radius 1 is 1.05 bits per heavy atom. The van der Waals surface area contributed by atoms with Crippen molar-refractivity contribution in [1.82, 2.24) is 20.3 Å². The van der Waals surface area contributed by atoms with Gasteiger partial charge in [0.15, 0.2) is 11.6 Å². The normalized spacial score (nSPS) is 10.4. The van der Waals surface area contributed by atoms with Gasteiger partial charge in [-0.3, -0.25) is 0 Å². The molecule has 0 aliphatic heterocycles. The van der Waals surface area contributed by atoms with Crippen LogP contribution in [0, 0.1) is 13.8 Å². The first-order valence-corrected chi connectivity index (χ1v) is 6.43. The summed E-state index contributed by atoms with van der Waals surface area (Å²) in [4.78, 5) is 4.34. The summed E-state index contributed by atoms with van der Waals surface area (Å²) in [6.07, 6.45) is 1.52. The van der Waals surface area contributed by atoms with Crippen LogP contribution in [0.25, 0.3) is 0 Å². The molecule has 0 aliphatic rings. The molecule has 0 amide bonds. The molecular formula is C14H14N6O. The quantitative estimate of drug-likeness (QED) is 0.760. The van der Waals surface area contributed by atoms with Crippen LogP contribution in [-0.2, 0) is 0 Å². The van der Waals surface area contributed by atoms with Crippen LogP contribution in [-0.4, -0.2) is 20.3 Å². The van der Waals surface area contributed by atoms with Gasteiger partial charge in [0.1, 0.15) is 5.76 Å². The van der Waals surface area contributed by atoms with E-state index in [-0.39, 0.29) is 0 Å². The first-order valence-electron chi connectivity index (χ1n) is 6.43. The standard InChI is InChI=1S/C14H14N6O/c1-9-5-3-4-6-11(9)16-14-18-13(8-15-19-14)17-12-7-10(2)21-20-12/h3-8H,1-2H3,(H2,16,17,18,19,20). The third-order valence-electron chi connectivity index (χ3n) is 2.83. The molecule has 0 atom stereocenters. The Morgan fingerprint density at radius 2 is 1.90 bits per heavy atom. The average Bonchev–Trinajstić information content (AvgIpc) is 2.87. The zero-order chi connectivity index (χ0) is 14.7. The smallest absolute Gasteiger partial charge is 0.249 e. The molecule has 2 N–H and O–H groups in total. The van der Waals surface area contributed by atoms with Crippen molar-refractivity contribution in [2.45, 2.75) is 13.8 Å². The van der Waals surface area contributed by atoms with Crippen LogP contribution in [0.2, 0.25) is 0 Å². The van der Waals surface area contributed by atoms with Crippen molar-refractivity contribution in [3.05, 3.63) is 47.9 Å². The number of para-hydroxylation sites is 1. The Balaban J connectivity index is 1.78. The highest BCUT2D eigenvalue weighted by atomic mass is 16.5. The second-order valence-corrected chi connectivity index (χ2v) is 4.55. The van der Waals surface area contributed by atoms with Crippen LogP contribution in [0.4, 0.5) is 23.3 Å². The van der Waals surface area contributed by atoms with E-state index >= 15 is 0 Å². The van der Waals surface area contributed by atoms with Gasteiger partial charge < -0.3 is 15.2 Å². The molecule has 3 aromatic rings. The lowest BCUT2D eigenvalue weighted by Gasteiger charge is -2.08. The second-order valence-electron chi connectivity index (χ2n) is 4.55. The van der Waals surface area contributed by atoms with E-state index in [1.807, 2.05) is 38.1 Å². The number of benzene rings is 1. The summed E-state index contributed by atoms with van der Waals surface area (Å²) in [6, 6.07) is 9.67. The fraction of sp³-hybridized carbons (Fsp3) is 0.143. The molecular weight excluding hydrogens is 268 g/mol. The molecule has 2 aromatic heterocycles. The third kappa shape index (κ3) is 3.14. The molecule has 0 saturated heterocycles. The van der Waals surface area contributed by atoms with E-state index in [0.29, 0.717) is 17.6 Å². The maximum atomic E-state index is 4.99. The zero-order valence-electron chi connectivity index (χ0n) is 11.7. The van der Waals surface area contributed by atoms with Gasteiger partial charge in [0.05, 0.1) is 6.20 Å². The Kier molecular flexibility index (Phi) is 3.46. The number of rotatable bonds is 4. The van der Waals surface area contributed by atoms with Gasteiger partial charge in [-0.05, 0) is 25.5 Å². The summed E-state index contributed by atoms with van der Waals surface area (Å²) >= 11 is 0. The number of aryl methyl sites for hydroxylation is 2. The Morgan fingerprint density at radius 3 is 2.67 bits per heavy atom. The number of nitrogens with zero attached hydrogens (tertiary/aromatic N) is 4. The molecule has 0 aliphatic carbocycles. The van der Waals surface area contributed by atoms with Gasteiger partial charge in [-0.15, -0.1) is 5.10 Å². The van der Waals surface area contributed by atoms with Gasteiger partial charge in [-0.25, -0.2) is 0 Å². The minimum Gasteiger partial charge on any atom is -0.360 e. The summed E-state index contributed by atoms with van der Waals surface area (Å²) in [7, 11) is 0. The average molecular weight is 282 g/mol. The minimum atomic E-state index is 0.412. The summed E-state index contributed by atoms with van der Waals surface area (Å²) in [5, 5.41) is 17.9. The van der Waals surface area contributed by atoms with Crippen LogP contribution in [0.1, 0.15) is 11.3 Å². The van der Waals surface area contributed by atoms with Crippen molar-refractivity contribution < 1.29 is 4.52 Å². The lowest BCUT2D eigenvalue weighted by molar-refractivity contribution is 0.400. The van der Waals surface area contributed by atoms with E-state index in [2.05, 4.69) is 31.0 Å². The van der Waals surface area contributed by atoms with E-state index in [4.69, 9.17) is 4.52 Å². The lowest BCUT2D eigenvalue weighted by atomic mass is 10.2. The number of anilines is 4. The van der Waals surface area contributed by atoms with Crippen LogP contribution in [0.5, 0.6) is 0 Å². The van der Waals surface area contributed by atoms with Crippen LogP contribution in [0.3, 0.4) is 0 Å². The molecule has 7 nitrogen and oxygen atoms in total. The Bertz CT molecular complexity index is 754. The fourth-order valence-corrected chi connectivity index (χ4v) is 1.81. The highest BCUT2D eigenvalue weighted by Gasteiger charge is 2.05. The molecule has 7 heteroatoms. The van der Waals surface area contributed by atoms with Crippen molar-refractivity contribution in [3.8, 4) is 0 Å². The number of hydrogen-bond acceptors (Lipinski definition) is 7.